The predicted molar refractivity (Wildman–Crippen MR) is 233 cm³/mol. The van der Waals surface area contributed by atoms with E-state index in [0.717, 1.165) is 21.4 Å². The third kappa shape index (κ3) is 10.4. The highest BCUT2D eigenvalue weighted by molar-refractivity contribution is 6.12. The van der Waals surface area contributed by atoms with Gasteiger partial charge in [0.1, 0.15) is 37.3 Å². The summed E-state index contributed by atoms with van der Waals surface area (Å²) in [7, 11) is 0. The minimum Gasteiger partial charge on any atom is -0.458 e. The van der Waals surface area contributed by atoms with Crippen molar-refractivity contribution in [2.75, 3.05) is 19.9 Å². The molecule has 0 aliphatic carbocycles. The Morgan fingerprint density at radius 2 is 1.66 bits per heavy atom. The number of aryl methyl sites for hydroxylation is 2. The van der Waals surface area contributed by atoms with Crippen LogP contribution in [0.15, 0.2) is 47.8 Å². The average molecular weight is 900 g/mol. The molecule has 6 rings (SSSR count). The normalized spacial score (nSPS) is 17.4. The molecule has 0 saturated heterocycles. The molecule has 18 nitrogen and oxygen atoms in total. The Bertz CT molecular complexity index is 2520. The van der Waals surface area contributed by atoms with Crippen LogP contribution in [0.2, 0.25) is 0 Å². The molecule has 0 unspecified atom stereocenters. The molecule has 6 amide bonds. The van der Waals surface area contributed by atoms with E-state index in [0.29, 0.717) is 61.0 Å². The lowest BCUT2D eigenvalue weighted by atomic mass is 9.86. The Kier molecular flexibility index (Phi) is 15.1. The van der Waals surface area contributed by atoms with E-state index in [4.69, 9.17) is 14.5 Å². The Balaban J connectivity index is 0.946. The van der Waals surface area contributed by atoms with Gasteiger partial charge in [-0.3, -0.25) is 38.5 Å². The lowest BCUT2D eigenvalue weighted by molar-refractivity contribution is -0.172. The molecular weight excluding hydrogens is 846 g/mol. The number of pyridine rings is 2. The molecule has 0 fully saturated rings. The smallest absolute Gasteiger partial charge is 0.343 e. The number of imide groups is 1. The molecule has 0 saturated carbocycles. The van der Waals surface area contributed by atoms with Crippen molar-refractivity contribution in [2.24, 2.45) is 0 Å². The lowest BCUT2D eigenvalue weighted by Gasteiger charge is -2.31. The number of aromatic nitrogens is 2. The standard InChI is InChI=1S/C46H54FN7O11/c1-6-34(52-42(59)27(5)50-41(58)26(4)49-37(55)14-9-8-11-17-53-38(56)15-16-39(53)57)43(60)48-24-64-18-12-10-13-28-29-19-25(3)33(47)21-35(29)51-40-30(28)22-54-36(40)20-32-31(44(54)61)23-65-45(62)46(32,63)7-2/h6,15-16,19-21,26-27,34,63H,1,7-14,17-18,22-24H2,2-5H3,(H,48,60)(H,49,55)(H,50,58)(H,52,59)/t26-,27+,34-,46-/m0/s1. The Hall–Kier alpha value is -6.60. The van der Waals surface area contributed by atoms with Crippen LogP contribution in [0.25, 0.3) is 22.3 Å². The number of halogens is 1. The number of carbonyl (C=O) groups excluding carboxylic acids is 7. The number of cyclic esters (lactones) is 1. The van der Waals surface area contributed by atoms with E-state index in [1.165, 1.54) is 38.1 Å². The summed E-state index contributed by atoms with van der Waals surface area (Å²) < 4.78 is 27.3. The fourth-order valence-corrected chi connectivity index (χ4v) is 8.06. The van der Waals surface area contributed by atoms with Crippen LogP contribution in [-0.4, -0.2) is 99.0 Å². The number of ether oxygens (including phenoxy) is 2. The summed E-state index contributed by atoms with van der Waals surface area (Å²) in [4.78, 5) is 106. The summed E-state index contributed by atoms with van der Waals surface area (Å²) in [6, 6.07) is 1.54. The molecular formula is C46H54FN7O11. The summed E-state index contributed by atoms with van der Waals surface area (Å²) in [6.45, 7) is 10.1. The van der Waals surface area contributed by atoms with Gasteiger partial charge in [-0.2, -0.15) is 0 Å². The molecule has 5 N–H and O–H groups in total. The number of nitrogens with zero attached hydrogens (tertiary/aromatic N) is 3. The monoisotopic (exact) mass is 899 g/mol. The van der Waals surface area contributed by atoms with Crippen molar-refractivity contribution in [2.45, 2.75) is 116 Å². The highest BCUT2D eigenvalue weighted by Gasteiger charge is 2.45. The molecule has 5 heterocycles. The van der Waals surface area contributed by atoms with E-state index in [2.05, 4.69) is 27.8 Å². The minimum absolute atomic E-state index is 0.00193. The number of hydrogen-bond donors (Lipinski definition) is 5. The van der Waals surface area contributed by atoms with Gasteiger partial charge in [0, 0.05) is 54.3 Å². The van der Waals surface area contributed by atoms with Gasteiger partial charge >= 0.3 is 5.97 Å². The predicted octanol–water partition coefficient (Wildman–Crippen LogP) is 2.11. The van der Waals surface area contributed by atoms with Gasteiger partial charge in [-0.15, -0.1) is 6.58 Å². The maximum absolute atomic E-state index is 14.9. The van der Waals surface area contributed by atoms with Gasteiger partial charge in [0.15, 0.2) is 5.60 Å². The van der Waals surface area contributed by atoms with Crippen LogP contribution in [0.3, 0.4) is 0 Å². The van der Waals surface area contributed by atoms with Gasteiger partial charge in [0.25, 0.3) is 17.4 Å². The maximum Gasteiger partial charge on any atom is 0.343 e. The number of amides is 6. The Labute approximate surface area is 374 Å². The van der Waals surface area contributed by atoms with Gasteiger partial charge in [0.05, 0.1) is 29.0 Å². The molecule has 0 spiro atoms. The second kappa shape index (κ2) is 20.5. The molecule has 65 heavy (non-hydrogen) atoms. The summed E-state index contributed by atoms with van der Waals surface area (Å²) >= 11 is 0. The molecule has 1 aromatic carbocycles. The number of carbonyl (C=O) groups is 7. The average Bonchev–Trinajstić information content (AvgIpc) is 3.81. The highest BCUT2D eigenvalue weighted by Crippen LogP contribution is 2.41. The number of hydrogen-bond acceptors (Lipinski definition) is 12. The van der Waals surface area contributed by atoms with E-state index < -0.39 is 58.8 Å². The first-order valence-electron chi connectivity index (χ1n) is 21.7. The molecule has 3 aliphatic heterocycles. The SMILES string of the molecule is C=C[C@H](NC(=O)[C@@H](C)NC(=O)[C@H](C)NC(=O)CCCCCN1C(=O)C=CC1=O)C(=O)NCOCCCCc1c2c(nc3cc(F)c(C)cc13)-c1cc3c(c(=O)n1C2)COC(=O)[C@]3(O)CC. The first-order chi connectivity index (χ1) is 31.0. The molecule has 346 valence electrons. The van der Waals surface area contributed by atoms with E-state index >= 15 is 0 Å². The van der Waals surface area contributed by atoms with Gasteiger partial charge < -0.3 is 40.4 Å². The van der Waals surface area contributed by atoms with Crippen LogP contribution in [-0.2, 0) is 68.2 Å². The first kappa shape index (κ1) is 47.9. The van der Waals surface area contributed by atoms with Gasteiger partial charge in [0.2, 0.25) is 23.6 Å². The molecule has 0 bridgehead atoms. The number of benzene rings is 1. The second-order valence-corrected chi connectivity index (χ2v) is 16.4. The topological polar surface area (TPSA) is 244 Å². The first-order valence-corrected chi connectivity index (χ1v) is 21.7. The molecule has 3 aliphatic rings. The quantitative estimate of drug-likeness (QED) is 0.0266. The third-order valence-electron chi connectivity index (χ3n) is 11.9. The zero-order valence-electron chi connectivity index (χ0n) is 36.8. The molecule has 4 atom stereocenters. The summed E-state index contributed by atoms with van der Waals surface area (Å²) in [5, 5.41) is 22.2. The van der Waals surface area contributed by atoms with Crippen molar-refractivity contribution in [1.29, 1.82) is 0 Å². The number of rotatable bonds is 21. The Morgan fingerprint density at radius 3 is 2.37 bits per heavy atom. The van der Waals surface area contributed by atoms with E-state index in [1.54, 1.807) is 30.5 Å². The van der Waals surface area contributed by atoms with Crippen LogP contribution >= 0.6 is 0 Å². The van der Waals surface area contributed by atoms with Crippen LogP contribution in [0.1, 0.15) is 93.5 Å². The number of nitrogens with one attached hydrogen (secondary N) is 4. The lowest BCUT2D eigenvalue weighted by Crippen LogP contribution is -2.55. The highest BCUT2D eigenvalue weighted by atomic mass is 19.1. The third-order valence-corrected chi connectivity index (χ3v) is 11.9. The molecule has 19 heteroatoms. The number of esters is 1. The van der Waals surface area contributed by atoms with E-state index in [-0.39, 0.29) is 74.7 Å². The second-order valence-electron chi connectivity index (χ2n) is 16.4. The summed E-state index contributed by atoms with van der Waals surface area (Å²) in [5.41, 5.74) is 1.39. The molecule has 3 aromatic rings. The fraction of sp³-hybridized carbons (Fsp3) is 0.457. The molecule has 0 radical (unpaired) electrons. The maximum atomic E-state index is 14.9. The zero-order chi connectivity index (χ0) is 47.2. The number of unbranched alkanes of at least 4 members (excludes halogenated alkanes) is 3. The van der Waals surface area contributed by atoms with Crippen LogP contribution < -0.4 is 26.8 Å². The summed E-state index contributed by atoms with van der Waals surface area (Å²) in [5.74, 6) is -4.24. The van der Waals surface area contributed by atoms with Gasteiger partial charge in [-0.05, 0) is 82.6 Å². The molecule has 2 aromatic heterocycles. The van der Waals surface area contributed by atoms with E-state index in [1.807, 2.05) is 0 Å². The van der Waals surface area contributed by atoms with Crippen LogP contribution in [0.4, 0.5) is 4.39 Å². The van der Waals surface area contributed by atoms with Crippen LogP contribution in [0, 0.1) is 12.7 Å². The Morgan fingerprint density at radius 1 is 0.954 bits per heavy atom. The van der Waals surface area contributed by atoms with Crippen molar-refractivity contribution >= 4 is 52.3 Å². The minimum atomic E-state index is -1.99. The van der Waals surface area contributed by atoms with Crippen molar-refractivity contribution in [3.8, 4) is 11.4 Å². The zero-order valence-corrected chi connectivity index (χ0v) is 36.8. The van der Waals surface area contributed by atoms with Crippen molar-refractivity contribution < 1.29 is 52.5 Å². The van der Waals surface area contributed by atoms with E-state index in [9.17, 15) is 47.9 Å². The van der Waals surface area contributed by atoms with Crippen molar-refractivity contribution in [3.63, 3.8) is 0 Å². The van der Waals surface area contributed by atoms with Gasteiger partial charge in [-0.1, -0.05) is 19.4 Å². The summed E-state index contributed by atoms with van der Waals surface area (Å²) in [6.07, 6.45) is 7.06. The van der Waals surface area contributed by atoms with Gasteiger partial charge in [-0.25, -0.2) is 14.2 Å². The fourth-order valence-electron chi connectivity index (χ4n) is 8.06. The van der Waals surface area contributed by atoms with Crippen molar-refractivity contribution in [1.82, 2.24) is 35.7 Å². The number of aliphatic hydroxyl groups is 1. The number of fused-ring (bicyclic) bond motifs is 5. The van der Waals surface area contributed by atoms with Crippen molar-refractivity contribution in [3.05, 3.63) is 87.0 Å². The van der Waals surface area contributed by atoms with Crippen LogP contribution in [0.5, 0.6) is 0 Å². The largest absolute Gasteiger partial charge is 0.458 e.